The molecular formula is C15H18F3N3. The number of nitrogens with two attached hydrogens (primary N) is 1. The maximum atomic E-state index is 12.9. The predicted molar refractivity (Wildman–Crippen MR) is 74.6 cm³/mol. The van der Waals surface area contributed by atoms with Gasteiger partial charge in [0.15, 0.2) is 0 Å². The van der Waals surface area contributed by atoms with E-state index in [0.717, 1.165) is 38.2 Å². The zero-order chi connectivity index (χ0) is 15.5. The highest BCUT2D eigenvalue weighted by Crippen LogP contribution is 2.34. The molecule has 1 aromatic carbocycles. The summed E-state index contributed by atoms with van der Waals surface area (Å²) in [6.45, 7) is 0. The molecule has 1 aliphatic rings. The number of benzene rings is 1. The summed E-state index contributed by atoms with van der Waals surface area (Å²) in [6, 6.07) is 5.20. The van der Waals surface area contributed by atoms with Gasteiger partial charge in [-0.15, -0.1) is 0 Å². The van der Waals surface area contributed by atoms with Crippen LogP contribution in [0.4, 0.5) is 18.9 Å². The first kappa shape index (κ1) is 15.6. The van der Waals surface area contributed by atoms with E-state index < -0.39 is 11.7 Å². The van der Waals surface area contributed by atoms with Crippen molar-refractivity contribution in [3.8, 4) is 6.07 Å². The van der Waals surface area contributed by atoms with Gasteiger partial charge in [-0.2, -0.15) is 18.4 Å². The predicted octanol–water partition coefficient (Wildman–Crippen LogP) is 3.65. The molecule has 21 heavy (non-hydrogen) atoms. The largest absolute Gasteiger partial charge is 0.417 e. The summed E-state index contributed by atoms with van der Waals surface area (Å²) in [5.41, 5.74) is 5.17. The summed E-state index contributed by atoms with van der Waals surface area (Å²) in [4.78, 5) is 0. The Morgan fingerprint density at radius 1 is 1.19 bits per heavy atom. The molecule has 2 unspecified atom stereocenters. The Balaban J connectivity index is 2.23. The number of alkyl halides is 3. The number of nitrogens with one attached hydrogen (secondary N) is 1. The first-order chi connectivity index (χ1) is 9.91. The number of rotatable bonds is 2. The maximum Gasteiger partial charge on any atom is 0.417 e. The van der Waals surface area contributed by atoms with Crippen molar-refractivity contribution in [3.63, 3.8) is 0 Å². The van der Waals surface area contributed by atoms with Crippen molar-refractivity contribution < 1.29 is 13.2 Å². The third kappa shape index (κ3) is 3.88. The highest BCUT2D eigenvalue weighted by Gasteiger charge is 2.34. The average molecular weight is 297 g/mol. The molecule has 0 aliphatic heterocycles. The minimum atomic E-state index is -4.53. The Kier molecular flexibility index (Phi) is 4.73. The fourth-order valence-corrected chi connectivity index (χ4v) is 2.70. The summed E-state index contributed by atoms with van der Waals surface area (Å²) >= 11 is 0. The summed E-state index contributed by atoms with van der Waals surface area (Å²) in [5.74, 6) is 0. The molecule has 1 aromatic rings. The van der Waals surface area contributed by atoms with Crippen LogP contribution in [0.15, 0.2) is 18.2 Å². The van der Waals surface area contributed by atoms with Gasteiger partial charge in [-0.05, 0) is 31.0 Å². The number of anilines is 1. The molecular weight excluding hydrogens is 279 g/mol. The molecule has 1 saturated carbocycles. The van der Waals surface area contributed by atoms with Crippen LogP contribution in [0.1, 0.15) is 43.2 Å². The monoisotopic (exact) mass is 297 g/mol. The minimum Gasteiger partial charge on any atom is -0.381 e. The number of halogens is 3. The summed E-state index contributed by atoms with van der Waals surface area (Å²) < 4.78 is 38.8. The van der Waals surface area contributed by atoms with E-state index in [1.54, 1.807) is 6.07 Å². The molecule has 0 heterocycles. The van der Waals surface area contributed by atoms with E-state index in [9.17, 15) is 13.2 Å². The van der Waals surface area contributed by atoms with E-state index in [1.807, 2.05) is 0 Å². The summed E-state index contributed by atoms with van der Waals surface area (Å²) in [7, 11) is 0. The molecule has 3 nitrogen and oxygen atoms in total. The average Bonchev–Trinajstić information content (AvgIpc) is 2.63. The van der Waals surface area contributed by atoms with Crippen LogP contribution in [-0.2, 0) is 6.18 Å². The molecule has 1 fully saturated rings. The number of nitriles is 1. The van der Waals surface area contributed by atoms with Gasteiger partial charge in [0.25, 0.3) is 0 Å². The lowest BCUT2D eigenvalue weighted by Crippen LogP contribution is -2.39. The zero-order valence-corrected chi connectivity index (χ0v) is 11.6. The molecule has 2 atom stereocenters. The van der Waals surface area contributed by atoms with Gasteiger partial charge < -0.3 is 11.1 Å². The van der Waals surface area contributed by atoms with Gasteiger partial charge in [-0.25, -0.2) is 0 Å². The first-order valence-corrected chi connectivity index (χ1v) is 7.05. The standard InChI is InChI=1S/C15H18F3N3/c16-15(17,18)12-8-11(7-6-10(12)9-19)21-14-5-3-1-2-4-13(14)20/h6-8,13-14,21H,1-5,20H2. The molecule has 114 valence electrons. The second-order valence-electron chi connectivity index (χ2n) is 5.42. The Morgan fingerprint density at radius 3 is 2.57 bits per heavy atom. The molecule has 0 spiro atoms. The van der Waals surface area contributed by atoms with E-state index in [4.69, 9.17) is 11.0 Å². The molecule has 1 aliphatic carbocycles. The van der Waals surface area contributed by atoms with Gasteiger partial charge in [0.05, 0.1) is 17.2 Å². The highest BCUT2D eigenvalue weighted by molar-refractivity contribution is 5.53. The quantitative estimate of drug-likeness (QED) is 0.819. The van der Waals surface area contributed by atoms with Crippen LogP contribution in [0.3, 0.4) is 0 Å². The molecule has 0 aromatic heterocycles. The third-order valence-corrected chi connectivity index (χ3v) is 3.87. The third-order valence-electron chi connectivity index (χ3n) is 3.87. The van der Waals surface area contributed by atoms with Crippen molar-refractivity contribution in [2.24, 2.45) is 5.73 Å². The van der Waals surface area contributed by atoms with Gasteiger partial charge in [0.2, 0.25) is 0 Å². The Hall–Kier alpha value is -1.74. The van der Waals surface area contributed by atoms with Crippen LogP contribution in [0.2, 0.25) is 0 Å². The topological polar surface area (TPSA) is 61.8 Å². The second-order valence-corrected chi connectivity index (χ2v) is 5.42. The van der Waals surface area contributed by atoms with Crippen molar-refractivity contribution >= 4 is 5.69 Å². The lowest BCUT2D eigenvalue weighted by atomic mass is 10.0. The molecule has 3 N–H and O–H groups in total. The Labute approximate surface area is 121 Å². The fraction of sp³-hybridized carbons (Fsp3) is 0.533. The van der Waals surface area contributed by atoms with Gasteiger partial charge in [-0.1, -0.05) is 19.3 Å². The van der Waals surface area contributed by atoms with E-state index in [-0.39, 0.29) is 17.6 Å². The van der Waals surface area contributed by atoms with E-state index in [1.165, 1.54) is 12.1 Å². The minimum absolute atomic E-state index is 0.0264. The lowest BCUT2D eigenvalue weighted by molar-refractivity contribution is -0.137. The van der Waals surface area contributed by atoms with Crippen LogP contribution in [0.25, 0.3) is 0 Å². The van der Waals surface area contributed by atoms with Crippen LogP contribution >= 0.6 is 0 Å². The number of nitrogens with zero attached hydrogens (tertiary/aromatic N) is 1. The Bertz CT molecular complexity index is 534. The molecule has 0 amide bonds. The SMILES string of the molecule is N#Cc1ccc(NC2CCCCCC2N)cc1C(F)(F)F. The van der Waals surface area contributed by atoms with Crippen molar-refractivity contribution in [2.45, 2.75) is 50.4 Å². The Morgan fingerprint density at radius 2 is 1.90 bits per heavy atom. The van der Waals surface area contributed by atoms with E-state index >= 15 is 0 Å². The summed E-state index contributed by atoms with van der Waals surface area (Å²) in [6.07, 6.45) is 0.373. The summed E-state index contributed by atoms with van der Waals surface area (Å²) in [5, 5.41) is 11.9. The van der Waals surface area contributed by atoms with Crippen molar-refractivity contribution in [1.82, 2.24) is 0 Å². The van der Waals surface area contributed by atoms with Crippen molar-refractivity contribution in [2.75, 3.05) is 5.32 Å². The van der Waals surface area contributed by atoms with Gasteiger partial charge in [0, 0.05) is 17.8 Å². The van der Waals surface area contributed by atoms with E-state index in [2.05, 4.69) is 5.32 Å². The van der Waals surface area contributed by atoms with Gasteiger partial charge >= 0.3 is 6.18 Å². The van der Waals surface area contributed by atoms with Crippen molar-refractivity contribution in [1.29, 1.82) is 5.26 Å². The highest BCUT2D eigenvalue weighted by atomic mass is 19.4. The zero-order valence-electron chi connectivity index (χ0n) is 11.6. The normalized spacial score (nSPS) is 23.2. The van der Waals surface area contributed by atoms with Crippen molar-refractivity contribution in [3.05, 3.63) is 29.3 Å². The van der Waals surface area contributed by atoms with Crippen LogP contribution in [0.5, 0.6) is 0 Å². The molecule has 0 radical (unpaired) electrons. The van der Waals surface area contributed by atoms with Gasteiger partial charge in [-0.3, -0.25) is 0 Å². The molecule has 6 heteroatoms. The van der Waals surface area contributed by atoms with Gasteiger partial charge in [0.1, 0.15) is 0 Å². The van der Waals surface area contributed by atoms with E-state index in [0.29, 0.717) is 5.69 Å². The fourth-order valence-electron chi connectivity index (χ4n) is 2.70. The smallest absolute Gasteiger partial charge is 0.381 e. The molecule has 2 rings (SSSR count). The second kappa shape index (κ2) is 6.35. The van der Waals surface area contributed by atoms with Crippen LogP contribution < -0.4 is 11.1 Å². The molecule has 0 bridgehead atoms. The number of hydrogen-bond donors (Lipinski definition) is 2. The number of hydrogen-bond acceptors (Lipinski definition) is 3. The molecule has 0 saturated heterocycles. The maximum absolute atomic E-state index is 12.9. The first-order valence-electron chi connectivity index (χ1n) is 7.05. The lowest BCUT2D eigenvalue weighted by Gasteiger charge is -2.24. The van der Waals surface area contributed by atoms with Crippen LogP contribution in [0, 0.1) is 11.3 Å². The van der Waals surface area contributed by atoms with Crippen LogP contribution in [-0.4, -0.2) is 12.1 Å².